The maximum absolute atomic E-state index is 13.7. The third kappa shape index (κ3) is 5.30. The highest BCUT2D eigenvalue weighted by atomic mass is 16.5. The van der Waals surface area contributed by atoms with Crippen LogP contribution < -0.4 is 10.2 Å². The third-order valence-corrected chi connectivity index (χ3v) is 7.49. The summed E-state index contributed by atoms with van der Waals surface area (Å²) in [6.45, 7) is 9.94. The minimum Gasteiger partial charge on any atom is -0.458 e. The number of carbonyl (C=O) groups is 5. The quantitative estimate of drug-likeness (QED) is 0.385. The summed E-state index contributed by atoms with van der Waals surface area (Å²) in [4.78, 5) is 69.7. The summed E-state index contributed by atoms with van der Waals surface area (Å²) in [6, 6.07) is 5.18. The molecule has 0 spiro atoms. The number of cyclic esters (lactones) is 1. The second-order valence-electron chi connectivity index (χ2n) is 10.3. The lowest BCUT2D eigenvalue weighted by Gasteiger charge is -2.29. The molecule has 3 atom stereocenters. The summed E-state index contributed by atoms with van der Waals surface area (Å²) < 4.78 is 4.84. The normalized spacial score (nSPS) is 21.3. The summed E-state index contributed by atoms with van der Waals surface area (Å²) in [5.41, 5.74) is 1.40. The van der Waals surface area contributed by atoms with Gasteiger partial charge in [0.05, 0.1) is 12.6 Å². The van der Waals surface area contributed by atoms with E-state index in [2.05, 4.69) is 24.1 Å². The Hall–Kier alpha value is -3.69. The number of ether oxygens (including phenoxy) is 1. The predicted molar refractivity (Wildman–Crippen MR) is 140 cm³/mol. The number of nitrogens with one attached hydrogen (secondary N) is 1. The van der Waals surface area contributed by atoms with Gasteiger partial charge in [0.2, 0.25) is 5.91 Å². The number of carbonyl (C=O) groups excluding carboxylic acids is 5. The maximum atomic E-state index is 13.7. The van der Waals surface area contributed by atoms with Gasteiger partial charge in [-0.25, -0.2) is 4.79 Å². The molecular weight excluding hydrogens is 488 g/mol. The third-order valence-electron chi connectivity index (χ3n) is 7.49. The number of ketones is 1. The molecule has 2 saturated heterocycles. The molecule has 0 radical (unpaired) electrons. The Labute approximate surface area is 223 Å². The number of anilines is 1. The molecule has 0 saturated carbocycles. The van der Waals surface area contributed by atoms with Crippen LogP contribution in [0.3, 0.4) is 0 Å². The number of likely N-dealkylation sites (tertiary alicyclic amines) is 2. The van der Waals surface area contributed by atoms with Crippen LogP contribution in [0.15, 0.2) is 35.9 Å². The molecule has 3 aliphatic rings. The Kier molecular flexibility index (Phi) is 8.18. The number of benzene rings is 1. The van der Waals surface area contributed by atoms with Crippen molar-refractivity contribution in [1.29, 1.82) is 0 Å². The molecular formula is C28H36N4O6. The molecule has 1 aromatic rings. The van der Waals surface area contributed by atoms with Gasteiger partial charge >= 0.3 is 5.97 Å². The molecule has 0 aromatic heterocycles. The largest absolute Gasteiger partial charge is 0.458 e. The number of amides is 3. The smallest absolute Gasteiger partial charge is 0.343 e. The monoisotopic (exact) mass is 524 g/mol. The van der Waals surface area contributed by atoms with Crippen LogP contribution in [0.2, 0.25) is 0 Å². The molecule has 3 aliphatic heterocycles. The lowest BCUT2D eigenvalue weighted by Crippen LogP contribution is -2.53. The number of rotatable bonds is 9. The highest BCUT2D eigenvalue weighted by Crippen LogP contribution is 2.32. The van der Waals surface area contributed by atoms with Crippen molar-refractivity contribution in [2.45, 2.75) is 58.7 Å². The van der Waals surface area contributed by atoms with Gasteiger partial charge in [-0.05, 0) is 62.9 Å². The van der Waals surface area contributed by atoms with Gasteiger partial charge in [0.15, 0.2) is 5.78 Å². The Balaban J connectivity index is 1.48. The zero-order valence-corrected chi connectivity index (χ0v) is 22.4. The van der Waals surface area contributed by atoms with Crippen molar-refractivity contribution in [3.05, 3.63) is 41.5 Å². The van der Waals surface area contributed by atoms with Crippen LogP contribution in [-0.4, -0.2) is 90.2 Å². The minimum absolute atomic E-state index is 0.0369. The van der Waals surface area contributed by atoms with Gasteiger partial charge in [-0.1, -0.05) is 13.8 Å². The first-order chi connectivity index (χ1) is 18.2. The van der Waals surface area contributed by atoms with Crippen molar-refractivity contribution in [2.24, 2.45) is 5.92 Å². The van der Waals surface area contributed by atoms with Gasteiger partial charge in [0.25, 0.3) is 11.8 Å². The van der Waals surface area contributed by atoms with E-state index in [4.69, 9.17) is 4.74 Å². The average Bonchev–Trinajstić information content (AvgIpc) is 3.60. The summed E-state index contributed by atoms with van der Waals surface area (Å²) in [7, 11) is 0. The molecule has 1 aromatic carbocycles. The van der Waals surface area contributed by atoms with Gasteiger partial charge in [0, 0.05) is 30.9 Å². The van der Waals surface area contributed by atoms with Gasteiger partial charge in [-0.2, -0.15) is 0 Å². The fourth-order valence-corrected chi connectivity index (χ4v) is 5.58. The molecule has 38 heavy (non-hydrogen) atoms. The van der Waals surface area contributed by atoms with Gasteiger partial charge in [0.1, 0.15) is 24.3 Å². The topological polar surface area (TPSA) is 116 Å². The van der Waals surface area contributed by atoms with E-state index in [0.29, 0.717) is 18.4 Å². The average molecular weight is 525 g/mol. The molecule has 0 aliphatic carbocycles. The maximum Gasteiger partial charge on any atom is 0.343 e. The van der Waals surface area contributed by atoms with Crippen molar-refractivity contribution in [3.63, 3.8) is 0 Å². The van der Waals surface area contributed by atoms with Crippen LogP contribution in [0.4, 0.5) is 5.69 Å². The second kappa shape index (κ2) is 11.4. The predicted octanol–water partition coefficient (Wildman–Crippen LogP) is 1.54. The lowest BCUT2D eigenvalue weighted by atomic mass is 10.0. The Morgan fingerprint density at radius 1 is 1.08 bits per heavy atom. The van der Waals surface area contributed by atoms with E-state index in [0.717, 1.165) is 18.8 Å². The number of nitrogens with zero attached hydrogens (tertiary/aromatic N) is 3. The van der Waals surface area contributed by atoms with E-state index in [1.165, 1.54) is 15.9 Å². The molecule has 3 heterocycles. The van der Waals surface area contributed by atoms with Gasteiger partial charge in [-0.15, -0.1) is 0 Å². The van der Waals surface area contributed by atoms with Crippen LogP contribution in [0.1, 0.15) is 50.9 Å². The van der Waals surface area contributed by atoms with Crippen molar-refractivity contribution in [3.8, 4) is 0 Å². The molecule has 2 fully saturated rings. The number of hydrogen-bond acceptors (Lipinski definition) is 7. The molecule has 10 nitrogen and oxygen atoms in total. The fraction of sp³-hybridized carbons (Fsp3) is 0.536. The van der Waals surface area contributed by atoms with Crippen LogP contribution in [0, 0.1) is 5.92 Å². The van der Waals surface area contributed by atoms with E-state index in [9.17, 15) is 24.0 Å². The molecule has 10 heteroatoms. The number of Topliss-reactive ketones (excluding diaryl/α,β-unsaturated/α-hetero) is 1. The standard InChI is InChI=1S/C28H36N4O6/c1-5-30(6-2)19-9-7-18(8-10-19)25(34)29-21(15-17(3)4)27(36)31-13-11-22-24(31)23(33)16-32(22)26(35)20-12-14-38-28(20)37/h7-10,12,17,21-22,24H,5-6,11,13-16H2,1-4H3,(H,29,34). The first-order valence-electron chi connectivity index (χ1n) is 13.3. The van der Waals surface area contributed by atoms with Crippen molar-refractivity contribution >= 4 is 35.2 Å². The Bertz CT molecular complexity index is 1140. The summed E-state index contributed by atoms with van der Waals surface area (Å²) >= 11 is 0. The van der Waals surface area contributed by atoms with E-state index >= 15 is 0 Å². The van der Waals surface area contributed by atoms with E-state index in [-0.39, 0.29) is 48.8 Å². The van der Waals surface area contributed by atoms with E-state index in [1.54, 1.807) is 12.1 Å². The number of fused-ring (bicyclic) bond motifs is 1. The summed E-state index contributed by atoms with van der Waals surface area (Å²) in [5.74, 6) is -2.05. The van der Waals surface area contributed by atoms with Crippen LogP contribution in [0.5, 0.6) is 0 Å². The van der Waals surface area contributed by atoms with E-state index < -0.39 is 30.0 Å². The molecule has 1 N–H and O–H groups in total. The highest BCUT2D eigenvalue weighted by molar-refractivity contribution is 6.18. The van der Waals surface area contributed by atoms with Crippen molar-refractivity contribution in [2.75, 3.05) is 37.7 Å². The summed E-state index contributed by atoms with van der Waals surface area (Å²) in [6.07, 6.45) is 2.25. The van der Waals surface area contributed by atoms with Crippen LogP contribution in [-0.2, 0) is 23.9 Å². The van der Waals surface area contributed by atoms with E-state index in [1.807, 2.05) is 26.0 Å². The number of esters is 1. The van der Waals surface area contributed by atoms with Gasteiger partial charge < -0.3 is 24.8 Å². The number of hydrogen-bond donors (Lipinski definition) is 1. The lowest BCUT2D eigenvalue weighted by molar-refractivity contribution is -0.140. The molecule has 204 valence electrons. The molecule has 4 rings (SSSR count). The van der Waals surface area contributed by atoms with Crippen LogP contribution in [0.25, 0.3) is 0 Å². The minimum atomic E-state index is -0.811. The fourth-order valence-electron chi connectivity index (χ4n) is 5.58. The highest BCUT2D eigenvalue weighted by Gasteiger charge is 2.53. The molecule has 0 bridgehead atoms. The first-order valence-corrected chi connectivity index (χ1v) is 13.3. The molecule has 3 amide bonds. The van der Waals surface area contributed by atoms with Crippen molar-refractivity contribution < 1.29 is 28.7 Å². The van der Waals surface area contributed by atoms with Crippen molar-refractivity contribution in [1.82, 2.24) is 15.1 Å². The van der Waals surface area contributed by atoms with Gasteiger partial charge in [-0.3, -0.25) is 19.2 Å². The zero-order chi connectivity index (χ0) is 27.6. The Morgan fingerprint density at radius 3 is 2.34 bits per heavy atom. The van der Waals surface area contributed by atoms with Crippen LogP contribution >= 0.6 is 0 Å². The first kappa shape index (κ1) is 27.3. The zero-order valence-electron chi connectivity index (χ0n) is 22.4. The summed E-state index contributed by atoms with van der Waals surface area (Å²) in [5, 5.41) is 2.89. The second-order valence-corrected chi connectivity index (χ2v) is 10.3. The molecule has 3 unspecified atom stereocenters. The Morgan fingerprint density at radius 2 is 1.76 bits per heavy atom. The SMILES string of the molecule is CCN(CC)c1ccc(C(=O)NC(CC(C)C)C(=O)N2CCC3C2C(=O)CN3C(=O)C2=CCOC2=O)cc1.